The molecule has 0 atom stereocenters. The topological polar surface area (TPSA) is 61.3 Å². The summed E-state index contributed by atoms with van der Waals surface area (Å²) in [7, 11) is 0. The normalized spacial score (nSPS) is 11.0. The summed E-state index contributed by atoms with van der Waals surface area (Å²) < 4.78 is 5.77. The minimum atomic E-state index is 0.271. The van der Waals surface area contributed by atoms with Gasteiger partial charge in [-0.05, 0) is 62.0 Å². The maximum atomic E-state index is 6.17. The summed E-state index contributed by atoms with van der Waals surface area (Å²) in [5, 5.41) is 0.765. The Kier molecular flexibility index (Phi) is 6.47. The Bertz CT molecular complexity index is 378. The molecule has 0 saturated heterocycles. The van der Waals surface area contributed by atoms with Crippen LogP contribution in [0.1, 0.15) is 24.5 Å². The molecular weight excluding hydrogens is 248 g/mol. The van der Waals surface area contributed by atoms with Gasteiger partial charge in [-0.25, -0.2) is 0 Å². The molecule has 1 aromatic rings. The molecule has 4 N–H and O–H groups in total. The molecule has 0 unspecified atom stereocenters. The quantitative estimate of drug-likeness (QED) is 0.800. The van der Waals surface area contributed by atoms with Crippen LogP contribution in [0.5, 0.6) is 5.75 Å². The summed E-state index contributed by atoms with van der Waals surface area (Å²) in [5.41, 5.74) is 13.5. The molecule has 0 aromatic heterocycles. The number of aryl methyl sites for hydroxylation is 1. The number of benzene rings is 1. The van der Waals surface area contributed by atoms with Crippen molar-refractivity contribution >= 4 is 11.6 Å². The lowest BCUT2D eigenvalue weighted by Crippen LogP contribution is -2.25. The van der Waals surface area contributed by atoms with Gasteiger partial charge in [-0.2, -0.15) is 0 Å². The van der Waals surface area contributed by atoms with Crippen molar-refractivity contribution in [3.05, 3.63) is 28.3 Å². The van der Waals surface area contributed by atoms with Crippen LogP contribution < -0.4 is 16.2 Å². The second-order valence-corrected chi connectivity index (χ2v) is 5.01. The summed E-state index contributed by atoms with van der Waals surface area (Å²) in [5.74, 6) is 1.18. The first kappa shape index (κ1) is 15.3. The van der Waals surface area contributed by atoms with Crippen LogP contribution in [0.3, 0.4) is 0 Å². The minimum Gasteiger partial charge on any atom is -0.493 e. The molecule has 102 valence electrons. The van der Waals surface area contributed by atoms with Crippen molar-refractivity contribution < 1.29 is 4.74 Å². The van der Waals surface area contributed by atoms with Gasteiger partial charge >= 0.3 is 0 Å². The predicted octanol–water partition coefficient (Wildman–Crippen LogP) is 2.51. The van der Waals surface area contributed by atoms with Crippen LogP contribution in [0.25, 0.3) is 0 Å². The highest BCUT2D eigenvalue weighted by Gasteiger charge is 2.12. The van der Waals surface area contributed by atoms with Crippen LogP contribution >= 0.6 is 11.6 Å². The summed E-state index contributed by atoms with van der Waals surface area (Å²) in [6.45, 7) is 5.94. The summed E-state index contributed by atoms with van der Waals surface area (Å²) in [6, 6.07) is 3.97. The molecule has 0 aliphatic carbocycles. The van der Waals surface area contributed by atoms with E-state index in [1.54, 1.807) is 0 Å². The van der Waals surface area contributed by atoms with Crippen LogP contribution in [-0.4, -0.2) is 19.7 Å². The number of hydrogen-bond acceptors (Lipinski definition) is 3. The van der Waals surface area contributed by atoms with Gasteiger partial charge in [0.15, 0.2) is 0 Å². The van der Waals surface area contributed by atoms with Gasteiger partial charge in [0.2, 0.25) is 0 Å². The third kappa shape index (κ3) is 4.16. The van der Waals surface area contributed by atoms with E-state index in [1.165, 1.54) is 0 Å². The Morgan fingerprint density at radius 1 is 1.28 bits per heavy atom. The molecule has 4 heteroatoms. The van der Waals surface area contributed by atoms with E-state index in [9.17, 15) is 0 Å². The molecule has 0 aliphatic rings. The predicted molar refractivity (Wildman–Crippen MR) is 77.3 cm³/mol. The Labute approximate surface area is 114 Å². The lowest BCUT2D eigenvalue weighted by atomic mass is 9.98. The van der Waals surface area contributed by atoms with Crippen LogP contribution in [-0.2, 0) is 6.42 Å². The largest absolute Gasteiger partial charge is 0.493 e. The first-order valence-corrected chi connectivity index (χ1v) is 6.82. The number of rotatable bonds is 7. The Morgan fingerprint density at radius 3 is 2.50 bits per heavy atom. The Balaban J connectivity index is 2.95. The van der Waals surface area contributed by atoms with Gasteiger partial charge in [-0.1, -0.05) is 18.5 Å². The van der Waals surface area contributed by atoms with Gasteiger partial charge in [-0.15, -0.1) is 0 Å². The Hall–Kier alpha value is -0.770. The molecule has 0 fully saturated rings. The van der Waals surface area contributed by atoms with Crippen LogP contribution in [0.15, 0.2) is 12.1 Å². The molecule has 0 bridgehead atoms. The highest BCUT2D eigenvalue weighted by atomic mass is 35.5. The van der Waals surface area contributed by atoms with Crippen molar-refractivity contribution in [1.29, 1.82) is 0 Å². The highest BCUT2D eigenvalue weighted by molar-refractivity contribution is 6.31. The zero-order valence-electron chi connectivity index (χ0n) is 11.2. The van der Waals surface area contributed by atoms with E-state index < -0.39 is 0 Å². The fourth-order valence-electron chi connectivity index (χ4n) is 1.78. The maximum Gasteiger partial charge on any atom is 0.122 e. The van der Waals surface area contributed by atoms with Crippen LogP contribution in [0.4, 0.5) is 0 Å². The minimum absolute atomic E-state index is 0.271. The number of halogens is 1. The highest BCUT2D eigenvalue weighted by Crippen LogP contribution is 2.28. The standard InChI is InChI=1S/C14H23ClN2O/c1-3-4-18-14-5-10(2)13(15)7-12(14)6-11(8-16)9-17/h5,7,11H,3-4,6,8-9,16-17H2,1-2H3. The molecule has 0 spiro atoms. The van der Waals surface area contributed by atoms with E-state index in [0.717, 1.165) is 34.7 Å². The molecule has 0 radical (unpaired) electrons. The molecule has 0 aliphatic heterocycles. The average Bonchev–Trinajstić information content (AvgIpc) is 2.37. The van der Waals surface area contributed by atoms with E-state index in [1.807, 2.05) is 19.1 Å². The van der Waals surface area contributed by atoms with Gasteiger partial charge in [0, 0.05) is 5.02 Å². The summed E-state index contributed by atoms with van der Waals surface area (Å²) >= 11 is 6.17. The summed E-state index contributed by atoms with van der Waals surface area (Å²) in [4.78, 5) is 0. The van der Waals surface area contributed by atoms with E-state index >= 15 is 0 Å². The first-order valence-electron chi connectivity index (χ1n) is 6.44. The number of ether oxygens (including phenoxy) is 1. The summed E-state index contributed by atoms with van der Waals surface area (Å²) in [6.07, 6.45) is 1.80. The van der Waals surface area contributed by atoms with Crippen molar-refractivity contribution in [3.8, 4) is 5.75 Å². The van der Waals surface area contributed by atoms with Crippen LogP contribution in [0.2, 0.25) is 5.02 Å². The third-order valence-electron chi connectivity index (χ3n) is 2.98. The third-order valence-corrected chi connectivity index (χ3v) is 3.39. The van der Waals surface area contributed by atoms with Gasteiger partial charge in [0.25, 0.3) is 0 Å². The average molecular weight is 271 g/mol. The second-order valence-electron chi connectivity index (χ2n) is 4.60. The van der Waals surface area contributed by atoms with Crippen molar-refractivity contribution in [3.63, 3.8) is 0 Å². The fraction of sp³-hybridized carbons (Fsp3) is 0.571. The Morgan fingerprint density at radius 2 is 1.94 bits per heavy atom. The second kappa shape index (κ2) is 7.62. The van der Waals surface area contributed by atoms with Crippen molar-refractivity contribution in [1.82, 2.24) is 0 Å². The number of nitrogens with two attached hydrogens (primary N) is 2. The lowest BCUT2D eigenvalue weighted by Gasteiger charge is -2.17. The van der Waals surface area contributed by atoms with Gasteiger partial charge in [0.1, 0.15) is 5.75 Å². The molecule has 0 heterocycles. The molecule has 3 nitrogen and oxygen atoms in total. The van der Waals surface area contributed by atoms with Gasteiger partial charge < -0.3 is 16.2 Å². The molecule has 0 saturated carbocycles. The smallest absolute Gasteiger partial charge is 0.122 e. The zero-order chi connectivity index (χ0) is 13.5. The molecule has 1 rings (SSSR count). The molecular formula is C14H23ClN2O. The van der Waals surface area contributed by atoms with E-state index in [0.29, 0.717) is 19.7 Å². The number of hydrogen-bond donors (Lipinski definition) is 2. The van der Waals surface area contributed by atoms with E-state index in [2.05, 4.69) is 6.92 Å². The zero-order valence-corrected chi connectivity index (χ0v) is 12.0. The monoisotopic (exact) mass is 270 g/mol. The lowest BCUT2D eigenvalue weighted by molar-refractivity contribution is 0.312. The fourth-order valence-corrected chi connectivity index (χ4v) is 1.96. The van der Waals surface area contributed by atoms with Crippen molar-refractivity contribution in [2.45, 2.75) is 26.7 Å². The maximum absolute atomic E-state index is 6.17. The van der Waals surface area contributed by atoms with E-state index in [4.69, 9.17) is 27.8 Å². The van der Waals surface area contributed by atoms with Crippen molar-refractivity contribution in [2.75, 3.05) is 19.7 Å². The van der Waals surface area contributed by atoms with Crippen molar-refractivity contribution in [2.24, 2.45) is 17.4 Å². The first-order chi connectivity index (χ1) is 8.62. The van der Waals surface area contributed by atoms with Gasteiger partial charge in [0.05, 0.1) is 6.61 Å². The van der Waals surface area contributed by atoms with E-state index in [-0.39, 0.29) is 5.92 Å². The SMILES string of the molecule is CCCOc1cc(C)c(Cl)cc1CC(CN)CN. The molecule has 18 heavy (non-hydrogen) atoms. The van der Waals surface area contributed by atoms with Crippen LogP contribution in [0, 0.1) is 12.8 Å². The molecule has 1 aromatic carbocycles. The van der Waals surface area contributed by atoms with Gasteiger partial charge in [-0.3, -0.25) is 0 Å². The molecule has 0 amide bonds.